The van der Waals surface area contributed by atoms with Crippen LogP contribution in [0.1, 0.15) is 0 Å². The van der Waals surface area contributed by atoms with Gasteiger partial charge in [0.1, 0.15) is 5.52 Å². The highest BCUT2D eigenvalue weighted by Crippen LogP contribution is 2.18. The van der Waals surface area contributed by atoms with Crippen molar-refractivity contribution in [3.05, 3.63) is 21.8 Å². The summed E-state index contributed by atoms with van der Waals surface area (Å²) in [4.78, 5) is 3.96. The molecule has 1 aromatic heterocycles. The Kier molecular flexibility index (Phi) is 1.49. The quantitative estimate of drug-likeness (QED) is 0.737. The first-order valence-corrected chi connectivity index (χ1v) is 4.15. The first-order valence-electron chi connectivity index (χ1n) is 3.07. The van der Waals surface area contributed by atoms with Crippen molar-refractivity contribution in [2.24, 2.45) is 0 Å². The Morgan fingerprint density at radius 3 is 3.09 bits per heavy atom. The number of nitrogens with zero attached hydrogens (tertiary/aromatic N) is 1. The van der Waals surface area contributed by atoms with Crippen molar-refractivity contribution in [3.8, 4) is 0 Å². The van der Waals surface area contributed by atoms with Gasteiger partial charge in [-0.15, -0.1) is 0 Å². The Hall–Kier alpha value is -0.780. The number of aromatic nitrogens is 1. The molecule has 0 saturated heterocycles. The molecule has 0 amide bonds. The van der Waals surface area contributed by atoms with Crippen LogP contribution in [0.3, 0.4) is 0 Å². The number of halogens is 1. The minimum absolute atomic E-state index is 0.224. The van der Waals surface area contributed by atoms with Crippen molar-refractivity contribution >= 4 is 39.7 Å². The van der Waals surface area contributed by atoms with Crippen LogP contribution in [0.25, 0.3) is 11.1 Å². The van der Waals surface area contributed by atoms with Crippen LogP contribution in [0.2, 0.25) is 0 Å². The molecule has 0 radical (unpaired) electrons. The van der Waals surface area contributed by atoms with E-state index in [1.807, 2.05) is 18.2 Å². The zero-order valence-electron chi connectivity index (χ0n) is 5.54. The van der Waals surface area contributed by atoms with Crippen LogP contribution in [0.5, 0.6) is 0 Å². The van der Waals surface area contributed by atoms with Crippen LogP contribution < -0.4 is 5.73 Å². The summed E-state index contributed by atoms with van der Waals surface area (Å²) in [6.45, 7) is 0. The summed E-state index contributed by atoms with van der Waals surface area (Å²) < 4.78 is 6.23. The molecule has 0 bridgehead atoms. The lowest BCUT2D eigenvalue weighted by Crippen LogP contribution is -1.80. The van der Waals surface area contributed by atoms with E-state index >= 15 is 0 Å². The Morgan fingerprint density at radius 1 is 1.45 bits per heavy atom. The number of nitrogens with two attached hydrogens (primary N) is 1. The minimum atomic E-state index is 0.224. The van der Waals surface area contributed by atoms with Gasteiger partial charge in [-0.3, -0.25) is 0 Å². The fourth-order valence-corrected chi connectivity index (χ4v) is 1.38. The second kappa shape index (κ2) is 2.37. The Balaban J connectivity index is 2.82. The molecule has 0 aliphatic rings. The fourth-order valence-electron chi connectivity index (χ4n) is 0.916. The van der Waals surface area contributed by atoms with Crippen LogP contribution in [0, 0.1) is 3.57 Å². The van der Waals surface area contributed by atoms with Gasteiger partial charge in [0.05, 0.1) is 0 Å². The summed E-state index contributed by atoms with van der Waals surface area (Å²) in [5, 5.41) is 0. The van der Waals surface area contributed by atoms with E-state index < -0.39 is 0 Å². The van der Waals surface area contributed by atoms with Gasteiger partial charge in [-0.05, 0) is 40.8 Å². The number of nitrogen functional groups attached to an aromatic ring is 1. The molecular weight excluding hydrogens is 255 g/mol. The van der Waals surface area contributed by atoms with Gasteiger partial charge in [0, 0.05) is 3.57 Å². The van der Waals surface area contributed by atoms with Crippen molar-refractivity contribution in [2.45, 2.75) is 0 Å². The molecule has 0 fully saturated rings. The van der Waals surface area contributed by atoms with E-state index in [-0.39, 0.29) is 6.01 Å². The molecule has 0 spiro atoms. The second-order valence-electron chi connectivity index (χ2n) is 2.16. The van der Waals surface area contributed by atoms with Gasteiger partial charge in [-0.25, -0.2) is 0 Å². The SMILES string of the molecule is Nc1nc2ccc(I)cc2o1. The molecule has 0 unspecified atom stereocenters. The maximum absolute atomic E-state index is 5.36. The summed E-state index contributed by atoms with van der Waals surface area (Å²) in [5.41, 5.74) is 6.91. The van der Waals surface area contributed by atoms with Gasteiger partial charge in [-0.1, -0.05) is 0 Å². The number of hydrogen-bond acceptors (Lipinski definition) is 3. The van der Waals surface area contributed by atoms with Gasteiger partial charge >= 0.3 is 0 Å². The Morgan fingerprint density at radius 2 is 2.27 bits per heavy atom. The smallest absolute Gasteiger partial charge is 0.292 e. The predicted molar refractivity (Wildman–Crippen MR) is 51.1 cm³/mol. The molecule has 4 heteroatoms. The zero-order valence-corrected chi connectivity index (χ0v) is 7.70. The summed E-state index contributed by atoms with van der Waals surface area (Å²) in [6.07, 6.45) is 0. The number of hydrogen-bond donors (Lipinski definition) is 1. The predicted octanol–water partition coefficient (Wildman–Crippen LogP) is 2.01. The first-order chi connectivity index (χ1) is 5.25. The molecule has 0 atom stereocenters. The van der Waals surface area contributed by atoms with Crippen LogP contribution in [0.15, 0.2) is 22.6 Å². The minimum Gasteiger partial charge on any atom is -0.424 e. The lowest BCUT2D eigenvalue weighted by atomic mass is 10.3. The van der Waals surface area contributed by atoms with Gasteiger partial charge in [0.25, 0.3) is 6.01 Å². The molecule has 2 N–H and O–H groups in total. The van der Waals surface area contributed by atoms with Gasteiger partial charge in [0.2, 0.25) is 0 Å². The third-order valence-electron chi connectivity index (χ3n) is 1.37. The second-order valence-corrected chi connectivity index (χ2v) is 3.41. The van der Waals surface area contributed by atoms with E-state index in [2.05, 4.69) is 27.6 Å². The van der Waals surface area contributed by atoms with E-state index in [0.717, 1.165) is 14.7 Å². The summed E-state index contributed by atoms with van der Waals surface area (Å²) in [7, 11) is 0. The molecular formula is C7H5IN2O. The fraction of sp³-hybridized carbons (Fsp3) is 0. The zero-order chi connectivity index (χ0) is 7.84. The lowest BCUT2D eigenvalue weighted by Gasteiger charge is -1.85. The van der Waals surface area contributed by atoms with E-state index in [9.17, 15) is 0 Å². The van der Waals surface area contributed by atoms with E-state index in [1.165, 1.54) is 0 Å². The molecule has 0 aliphatic heterocycles. The van der Waals surface area contributed by atoms with E-state index in [0.29, 0.717) is 0 Å². The Bertz CT molecular complexity index is 396. The molecule has 11 heavy (non-hydrogen) atoms. The number of benzene rings is 1. The van der Waals surface area contributed by atoms with Crippen molar-refractivity contribution in [1.29, 1.82) is 0 Å². The summed E-state index contributed by atoms with van der Waals surface area (Å²) in [5.74, 6) is 0. The van der Waals surface area contributed by atoms with Gasteiger partial charge in [0.15, 0.2) is 5.58 Å². The van der Waals surface area contributed by atoms with Gasteiger partial charge in [-0.2, -0.15) is 4.98 Å². The number of rotatable bonds is 0. The lowest BCUT2D eigenvalue weighted by molar-refractivity contribution is 0.626. The highest BCUT2D eigenvalue weighted by molar-refractivity contribution is 14.1. The molecule has 1 heterocycles. The molecule has 0 aliphatic carbocycles. The maximum Gasteiger partial charge on any atom is 0.292 e. The monoisotopic (exact) mass is 260 g/mol. The van der Waals surface area contributed by atoms with Crippen molar-refractivity contribution < 1.29 is 4.42 Å². The highest BCUT2D eigenvalue weighted by atomic mass is 127. The largest absolute Gasteiger partial charge is 0.424 e. The van der Waals surface area contributed by atoms with Crippen molar-refractivity contribution in [1.82, 2.24) is 4.98 Å². The molecule has 56 valence electrons. The van der Waals surface area contributed by atoms with Crippen LogP contribution in [-0.2, 0) is 0 Å². The van der Waals surface area contributed by atoms with Crippen LogP contribution >= 0.6 is 22.6 Å². The summed E-state index contributed by atoms with van der Waals surface area (Å²) in [6, 6.07) is 5.98. The topological polar surface area (TPSA) is 52.0 Å². The normalized spacial score (nSPS) is 10.6. The Labute approximate surface area is 76.7 Å². The third kappa shape index (κ3) is 1.18. The van der Waals surface area contributed by atoms with Gasteiger partial charge < -0.3 is 10.2 Å². The number of fused-ring (bicyclic) bond motifs is 1. The van der Waals surface area contributed by atoms with Crippen molar-refractivity contribution in [2.75, 3.05) is 5.73 Å². The molecule has 1 aromatic carbocycles. The third-order valence-corrected chi connectivity index (χ3v) is 2.04. The number of oxazole rings is 1. The standard InChI is InChI=1S/C7H5IN2O/c8-4-1-2-5-6(3-4)11-7(9)10-5/h1-3H,(H2,9,10). The number of anilines is 1. The summed E-state index contributed by atoms with van der Waals surface area (Å²) >= 11 is 2.21. The molecule has 0 saturated carbocycles. The van der Waals surface area contributed by atoms with E-state index in [4.69, 9.17) is 10.2 Å². The maximum atomic E-state index is 5.36. The van der Waals surface area contributed by atoms with Crippen LogP contribution in [0.4, 0.5) is 6.01 Å². The van der Waals surface area contributed by atoms with Crippen molar-refractivity contribution in [3.63, 3.8) is 0 Å². The van der Waals surface area contributed by atoms with E-state index in [1.54, 1.807) is 0 Å². The molecule has 2 aromatic rings. The molecule has 2 rings (SSSR count). The molecule has 3 nitrogen and oxygen atoms in total. The highest BCUT2D eigenvalue weighted by Gasteiger charge is 2.00. The average Bonchev–Trinajstić information content (AvgIpc) is 2.27. The average molecular weight is 260 g/mol. The van der Waals surface area contributed by atoms with Crippen LogP contribution in [-0.4, -0.2) is 4.98 Å². The first kappa shape index (κ1) is 6.90.